The van der Waals surface area contributed by atoms with Crippen molar-refractivity contribution in [3.63, 3.8) is 0 Å². The van der Waals surface area contributed by atoms with Crippen molar-refractivity contribution in [3.8, 4) is 0 Å². The van der Waals surface area contributed by atoms with Gasteiger partial charge in [-0.1, -0.05) is 11.6 Å². The van der Waals surface area contributed by atoms with Crippen LogP contribution in [0.5, 0.6) is 0 Å². The first-order valence-corrected chi connectivity index (χ1v) is 8.41. The molecule has 2 saturated heterocycles. The number of piperidine rings is 2. The molecule has 1 amide bonds. The van der Waals surface area contributed by atoms with E-state index in [0.717, 1.165) is 51.9 Å². The van der Waals surface area contributed by atoms with Crippen molar-refractivity contribution in [2.75, 3.05) is 31.1 Å². The highest BCUT2D eigenvalue weighted by Crippen LogP contribution is 2.27. The van der Waals surface area contributed by atoms with Gasteiger partial charge in [0, 0.05) is 32.4 Å². The van der Waals surface area contributed by atoms with E-state index in [1.165, 1.54) is 6.42 Å². The highest BCUT2D eigenvalue weighted by atomic mass is 35.5. The molecular weight excluding hydrogens is 302 g/mol. The van der Waals surface area contributed by atoms with Crippen molar-refractivity contribution in [2.24, 2.45) is 0 Å². The van der Waals surface area contributed by atoms with E-state index in [9.17, 15) is 9.90 Å². The lowest BCUT2D eigenvalue weighted by Gasteiger charge is -2.31. The van der Waals surface area contributed by atoms with Gasteiger partial charge in [-0.3, -0.25) is 4.79 Å². The first-order chi connectivity index (χ1) is 10.6. The summed E-state index contributed by atoms with van der Waals surface area (Å²) in [5, 5.41) is 10.1. The molecule has 0 bridgehead atoms. The maximum atomic E-state index is 12.5. The molecule has 0 spiro atoms. The summed E-state index contributed by atoms with van der Waals surface area (Å²) in [5.41, 5.74) is 0.563. The van der Waals surface area contributed by atoms with Gasteiger partial charge < -0.3 is 14.9 Å². The lowest BCUT2D eigenvalue weighted by molar-refractivity contribution is 0.0724. The van der Waals surface area contributed by atoms with E-state index in [1.807, 2.05) is 4.90 Å². The summed E-state index contributed by atoms with van der Waals surface area (Å²) in [7, 11) is 0. The van der Waals surface area contributed by atoms with Gasteiger partial charge in [-0.25, -0.2) is 4.98 Å². The second-order valence-electron chi connectivity index (χ2n) is 6.10. The first-order valence-electron chi connectivity index (χ1n) is 8.03. The van der Waals surface area contributed by atoms with E-state index in [1.54, 1.807) is 12.3 Å². The summed E-state index contributed by atoms with van der Waals surface area (Å²) < 4.78 is 0. The van der Waals surface area contributed by atoms with Crippen molar-refractivity contribution in [3.05, 3.63) is 22.8 Å². The molecule has 0 atom stereocenters. The Balaban J connectivity index is 1.72. The minimum absolute atomic E-state index is 0.0229. The van der Waals surface area contributed by atoms with Gasteiger partial charge in [0.15, 0.2) is 0 Å². The number of likely N-dealkylation sites (tertiary alicyclic amines) is 1. The minimum Gasteiger partial charge on any atom is -0.393 e. The third kappa shape index (κ3) is 3.36. The Labute approximate surface area is 135 Å². The topological polar surface area (TPSA) is 56.7 Å². The number of amides is 1. The molecule has 1 N–H and O–H groups in total. The maximum absolute atomic E-state index is 12.5. The van der Waals surface area contributed by atoms with Crippen LogP contribution in [0.2, 0.25) is 5.02 Å². The van der Waals surface area contributed by atoms with E-state index in [0.29, 0.717) is 16.4 Å². The summed E-state index contributed by atoms with van der Waals surface area (Å²) in [6.07, 6.45) is 6.20. The van der Waals surface area contributed by atoms with Crippen LogP contribution in [0.1, 0.15) is 42.5 Å². The van der Waals surface area contributed by atoms with Crippen LogP contribution >= 0.6 is 11.6 Å². The zero-order valence-corrected chi connectivity index (χ0v) is 13.4. The number of rotatable bonds is 2. The number of carbonyl (C=O) groups excluding carboxylic acids is 1. The normalized spacial score (nSPS) is 20.3. The Kier molecular flexibility index (Phi) is 4.84. The van der Waals surface area contributed by atoms with Crippen molar-refractivity contribution >= 4 is 23.3 Å². The molecule has 120 valence electrons. The Morgan fingerprint density at radius 3 is 2.50 bits per heavy atom. The van der Waals surface area contributed by atoms with Crippen LogP contribution in [0, 0.1) is 0 Å². The van der Waals surface area contributed by atoms with Gasteiger partial charge in [0.25, 0.3) is 5.91 Å². The van der Waals surface area contributed by atoms with Gasteiger partial charge >= 0.3 is 0 Å². The molecule has 0 aromatic carbocycles. The van der Waals surface area contributed by atoms with Gasteiger partial charge in [-0.15, -0.1) is 0 Å². The average molecular weight is 324 g/mol. The molecule has 5 nitrogen and oxygen atoms in total. The quantitative estimate of drug-likeness (QED) is 0.907. The van der Waals surface area contributed by atoms with E-state index in [-0.39, 0.29) is 12.0 Å². The number of nitrogens with zero attached hydrogens (tertiary/aromatic N) is 3. The monoisotopic (exact) mass is 323 g/mol. The Morgan fingerprint density at radius 1 is 1.18 bits per heavy atom. The molecule has 1 aromatic heterocycles. The van der Waals surface area contributed by atoms with Crippen LogP contribution in [0.25, 0.3) is 0 Å². The molecule has 0 aliphatic carbocycles. The fraction of sp³-hybridized carbons (Fsp3) is 0.625. The molecule has 22 heavy (non-hydrogen) atoms. The number of halogens is 1. The zero-order chi connectivity index (χ0) is 15.5. The van der Waals surface area contributed by atoms with Gasteiger partial charge in [0.05, 0.1) is 16.7 Å². The Hall–Kier alpha value is -1.33. The number of aliphatic hydroxyl groups is 1. The van der Waals surface area contributed by atoms with Crippen LogP contribution in [0.15, 0.2) is 12.3 Å². The first kappa shape index (κ1) is 15.6. The summed E-state index contributed by atoms with van der Waals surface area (Å²) in [4.78, 5) is 20.8. The Morgan fingerprint density at radius 2 is 1.86 bits per heavy atom. The van der Waals surface area contributed by atoms with Gasteiger partial charge in [0.2, 0.25) is 0 Å². The molecule has 2 aliphatic rings. The summed E-state index contributed by atoms with van der Waals surface area (Å²) in [6.45, 7) is 3.13. The van der Waals surface area contributed by atoms with Crippen molar-refractivity contribution < 1.29 is 9.90 Å². The third-order valence-corrected chi connectivity index (χ3v) is 4.75. The SMILES string of the molecule is O=C(c1cnc(N2CCC(O)CC2)c(Cl)c1)N1CCCCC1. The van der Waals surface area contributed by atoms with E-state index >= 15 is 0 Å². The predicted molar refractivity (Wildman–Crippen MR) is 86.5 cm³/mol. The highest BCUT2D eigenvalue weighted by Gasteiger charge is 2.23. The highest BCUT2D eigenvalue weighted by molar-refractivity contribution is 6.33. The summed E-state index contributed by atoms with van der Waals surface area (Å²) >= 11 is 6.34. The average Bonchev–Trinajstić information content (AvgIpc) is 2.56. The van der Waals surface area contributed by atoms with Crippen molar-refractivity contribution in [1.82, 2.24) is 9.88 Å². The molecule has 3 rings (SSSR count). The molecule has 0 saturated carbocycles. The lowest BCUT2D eigenvalue weighted by Crippen LogP contribution is -2.37. The fourth-order valence-electron chi connectivity index (χ4n) is 3.14. The van der Waals surface area contributed by atoms with Gasteiger partial charge in [-0.05, 0) is 38.2 Å². The number of hydrogen-bond acceptors (Lipinski definition) is 4. The number of pyridine rings is 1. The fourth-order valence-corrected chi connectivity index (χ4v) is 3.42. The molecule has 1 aromatic rings. The summed E-state index contributed by atoms with van der Waals surface area (Å²) in [6, 6.07) is 1.73. The van der Waals surface area contributed by atoms with Gasteiger partial charge in [0.1, 0.15) is 5.82 Å². The Bertz CT molecular complexity index is 538. The maximum Gasteiger partial charge on any atom is 0.255 e. The summed E-state index contributed by atoms with van der Waals surface area (Å²) in [5.74, 6) is 0.735. The second-order valence-corrected chi connectivity index (χ2v) is 6.51. The smallest absolute Gasteiger partial charge is 0.255 e. The number of carbonyl (C=O) groups is 1. The van der Waals surface area contributed by atoms with Crippen LogP contribution in [-0.2, 0) is 0 Å². The largest absolute Gasteiger partial charge is 0.393 e. The van der Waals surface area contributed by atoms with E-state index in [2.05, 4.69) is 9.88 Å². The molecule has 2 fully saturated rings. The number of aliphatic hydroxyl groups excluding tert-OH is 1. The number of hydrogen-bond donors (Lipinski definition) is 1. The van der Waals surface area contributed by atoms with Crippen molar-refractivity contribution in [2.45, 2.75) is 38.2 Å². The van der Waals surface area contributed by atoms with E-state index < -0.39 is 0 Å². The number of aromatic nitrogens is 1. The third-order valence-electron chi connectivity index (χ3n) is 4.48. The number of anilines is 1. The molecule has 6 heteroatoms. The standard InChI is InChI=1S/C16H22ClN3O2/c17-14-10-12(16(22)20-6-2-1-3-7-20)11-18-15(14)19-8-4-13(21)5-9-19/h10-11,13,21H,1-9H2. The van der Waals surface area contributed by atoms with Crippen LogP contribution in [0.4, 0.5) is 5.82 Å². The second kappa shape index (κ2) is 6.84. The van der Waals surface area contributed by atoms with Crippen LogP contribution < -0.4 is 4.90 Å². The molecule has 3 heterocycles. The minimum atomic E-state index is -0.227. The van der Waals surface area contributed by atoms with Gasteiger partial charge in [-0.2, -0.15) is 0 Å². The predicted octanol–water partition coefficient (Wildman–Crippen LogP) is 2.32. The molecule has 0 unspecified atom stereocenters. The molecule has 0 radical (unpaired) electrons. The molecular formula is C16H22ClN3O2. The van der Waals surface area contributed by atoms with Crippen LogP contribution in [0.3, 0.4) is 0 Å². The van der Waals surface area contributed by atoms with E-state index in [4.69, 9.17) is 11.6 Å². The lowest BCUT2D eigenvalue weighted by atomic mass is 10.1. The van der Waals surface area contributed by atoms with Crippen LogP contribution in [-0.4, -0.2) is 53.2 Å². The zero-order valence-electron chi connectivity index (χ0n) is 12.7. The molecule has 2 aliphatic heterocycles. The van der Waals surface area contributed by atoms with Crippen molar-refractivity contribution in [1.29, 1.82) is 0 Å².